The molecule has 38 heteroatoms. The predicted octanol–water partition coefficient (Wildman–Crippen LogP) is 3.58. The van der Waals surface area contributed by atoms with Gasteiger partial charge in [-0.15, -0.1) is 0 Å². The molecule has 10 amide bonds. The van der Waals surface area contributed by atoms with E-state index in [-0.39, 0.29) is 133 Å². The van der Waals surface area contributed by atoms with Crippen molar-refractivity contribution >= 4 is 101 Å². The van der Waals surface area contributed by atoms with E-state index in [1.54, 1.807) is 45.3 Å². The highest BCUT2D eigenvalue weighted by molar-refractivity contribution is 8.00. The van der Waals surface area contributed by atoms with Gasteiger partial charge in [-0.1, -0.05) is 41.0 Å². The van der Waals surface area contributed by atoms with Gasteiger partial charge in [0.2, 0.25) is 47.3 Å². The number of allylic oxidation sites excluding steroid dienone is 4. The summed E-state index contributed by atoms with van der Waals surface area (Å²) in [6.45, 7) is 21.1. The number of thioether (sulfide) groups is 1. The zero-order valence-corrected chi connectivity index (χ0v) is 72.5. The summed E-state index contributed by atoms with van der Waals surface area (Å²) in [4.78, 5) is 153. The first-order valence-corrected chi connectivity index (χ1v) is 44.2. The van der Waals surface area contributed by atoms with E-state index < -0.39 is 149 Å². The molecule has 0 spiro atoms. The zero-order chi connectivity index (χ0) is 87.8. The van der Waals surface area contributed by atoms with Crippen molar-refractivity contribution in [1.29, 1.82) is 0 Å². The first kappa shape index (κ1) is 94.2. The number of benzene rings is 1. The van der Waals surface area contributed by atoms with Gasteiger partial charge in [-0.25, -0.2) is 14.3 Å². The maximum Gasteiger partial charge on any atom is 0.472 e. The Morgan fingerprint density at radius 1 is 0.742 bits per heavy atom. The number of phosphoric acid groups is 1. The molecule has 1 aromatic heterocycles. The van der Waals surface area contributed by atoms with Gasteiger partial charge in [0.05, 0.1) is 85.6 Å². The quantitative estimate of drug-likeness (QED) is 0.0256. The number of nitrogens with two attached hydrogens (primary N) is 5. The number of primary amides is 5. The molecule has 8 bridgehead atoms. The summed E-state index contributed by atoms with van der Waals surface area (Å²) in [6.07, 6.45) is -2.12. The number of aliphatic hydroxyl groups excluding tert-OH is 2. The summed E-state index contributed by atoms with van der Waals surface area (Å²) in [5, 5.41) is 54.6. The van der Waals surface area contributed by atoms with Gasteiger partial charge in [0.25, 0.3) is 0 Å². The van der Waals surface area contributed by atoms with Crippen molar-refractivity contribution in [2.45, 2.75) is 250 Å². The molecule has 4 saturated heterocycles. The van der Waals surface area contributed by atoms with Gasteiger partial charge < -0.3 is 104 Å². The number of ether oxygens (including phenoxy) is 4. The molecule has 2 aromatic rings. The van der Waals surface area contributed by atoms with Gasteiger partial charge in [-0.05, 0) is 133 Å². The fraction of sp³-hybridized carbons (Fsp3) is 0.695. The largest absolute Gasteiger partial charge is 0.472 e. The molecule has 4 fully saturated rings. The number of imidazole rings is 1. The first-order valence-electron chi connectivity index (χ1n) is 41.7. The van der Waals surface area contributed by atoms with E-state index in [2.05, 4.69) is 36.9 Å². The highest BCUT2D eigenvalue weighted by Gasteiger charge is 2.67. The Morgan fingerprint density at radius 2 is 1.37 bits per heavy atom. The number of aliphatic hydroxyl groups is 3. The maximum atomic E-state index is 14.9. The number of urea groups is 1. The third-order valence-corrected chi connectivity index (χ3v) is 28.8. The predicted molar refractivity (Wildman–Crippen MR) is 448 cm³/mol. The van der Waals surface area contributed by atoms with Crippen molar-refractivity contribution < 1.29 is 95.9 Å². The van der Waals surface area contributed by atoms with Crippen LogP contribution in [0.2, 0.25) is 0 Å². The molecule has 0 radical (unpaired) electrons. The van der Waals surface area contributed by atoms with Crippen LogP contribution < -0.4 is 60.6 Å². The van der Waals surface area contributed by atoms with Crippen LogP contribution in [0.3, 0.4) is 0 Å². The number of phosphoric ester groups is 1. The molecular formula is C82H125N16O20PS. The summed E-state index contributed by atoms with van der Waals surface area (Å²) < 4.78 is 49.8. The standard InChI is InChI=1S/C82H125N16O20PS/c1-44-34-52-54(35-45(44)2)98(43-91-52)75-70(108)71(55(41-99)116-75)118-119(111,112)117-46(3)40-90-65(106)23-24-78(8)51(36-62(86)103)74-81(11)79(9,38-63(87)104)50(19-21-60(84)101)68(97-81)48(5)73-80(10,82(110,25-22-61(85)102)58(94-73)37-57-77(6,7)49(18-20-59(83)100)67(93-57)47(4)72(78)96-74)39-66(107)89-27-15-29-114-31-33-115-32-30-113-28-14-26-88-64(105)17-13-12-16-56-69-53(42-120-56)92-76(109)95-69/h34-35,37,43,46,49-51,53,55-56,69-71,74-75,94,99,108,110H,12-33,36,38-42H2,1-11H3,(H2,83,100)(H2,84,101)(H2,85,102)(H2,86,103)(H2,87,104)(H,88,105)(H,89,107)(H,90,106)(H,111,112)(H2,92,95,109)/b58-37?,67-47?,73-48-/t46-,49+,50+,51-,53?,55?,56?,69?,70?,71?,74+,75?,78+,79-,80+,81-,82-/m0/s1. The number of aryl methyl sites for hydroxylation is 2. The minimum atomic E-state index is -5.12. The Bertz CT molecular complexity index is 4460. The summed E-state index contributed by atoms with van der Waals surface area (Å²) in [6, 6.07) is 2.82. The van der Waals surface area contributed by atoms with Crippen LogP contribution in [0, 0.1) is 53.3 Å². The summed E-state index contributed by atoms with van der Waals surface area (Å²) >= 11 is 1.86. The third kappa shape index (κ3) is 20.7. The van der Waals surface area contributed by atoms with E-state index in [9.17, 15) is 67.9 Å². The minimum absolute atomic E-state index is 0.00229. The summed E-state index contributed by atoms with van der Waals surface area (Å²) in [5.41, 5.74) is 27.1. The number of carbonyl (C=O) groups excluding carboxylic acids is 9. The monoisotopic (exact) mass is 1720 g/mol. The van der Waals surface area contributed by atoms with Gasteiger partial charge in [-0.3, -0.25) is 62.4 Å². The van der Waals surface area contributed by atoms with E-state index in [0.29, 0.717) is 95.9 Å². The first-order chi connectivity index (χ1) is 56.5. The lowest BCUT2D eigenvalue weighted by molar-refractivity contribution is -0.127. The second-order valence-corrected chi connectivity index (χ2v) is 37.5. The van der Waals surface area contributed by atoms with Gasteiger partial charge in [0, 0.05) is 163 Å². The molecule has 1 aromatic carbocycles. The Balaban J connectivity index is 0.868. The number of nitrogens with zero attached hydrogens (tertiary/aromatic N) is 5. The van der Waals surface area contributed by atoms with Crippen LogP contribution in [0.1, 0.15) is 189 Å². The van der Waals surface area contributed by atoms with Crippen molar-refractivity contribution in [3.63, 3.8) is 0 Å². The molecule has 664 valence electrons. The normalized spacial score (nSPS) is 31.0. The smallest absolute Gasteiger partial charge is 0.394 e. The average Bonchev–Trinajstić information content (AvgIpc) is 1.52. The molecule has 120 heavy (non-hydrogen) atoms. The summed E-state index contributed by atoms with van der Waals surface area (Å²) in [7, 11) is -5.12. The van der Waals surface area contributed by atoms with Gasteiger partial charge >= 0.3 is 13.9 Å². The number of unbranched alkanes of at least 4 members (excludes halogenated alkanes) is 1. The van der Waals surface area contributed by atoms with E-state index in [0.717, 1.165) is 36.1 Å². The highest BCUT2D eigenvalue weighted by atomic mass is 32.2. The third-order valence-electron chi connectivity index (χ3n) is 26.2. The number of fused-ring (bicyclic) bond motifs is 8. The second kappa shape index (κ2) is 39.2. The Hall–Kier alpha value is -8.07. The zero-order valence-electron chi connectivity index (χ0n) is 70.8. The van der Waals surface area contributed by atoms with Gasteiger partial charge in [0.1, 0.15) is 23.9 Å². The van der Waals surface area contributed by atoms with Crippen molar-refractivity contribution in [2.75, 3.05) is 71.6 Å². The van der Waals surface area contributed by atoms with Crippen LogP contribution in [0.5, 0.6) is 0 Å². The minimum Gasteiger partial charge on any atom is -0.394 e. The van der Waals surface area contributed by atoms with E-state index in [4.69, 9.17) is 71.6 Å². The van der Waals surface area contributed by atoms with E-state index in [1.807, 2.05) is 58.5 Å². The number of hydrogen-bond donors (Lipinski definition) is 15. The SMILES string of the molecule is CC1=C2N=C(C=C3N/C(=C(/C)C4=N[C@@](C)([C@@H]5N=C1[C@](C)(CCC(=O)NC[C@H](C)OP(=O)(O)OC1C(CO)OC(n6cnc7cc(C)c(C)cc76)C1O)[C@H]5CC(N)=O)[C@@](C)(CC(N)=O)[C@@H]4CCC(N)=O)[C@@](C)(CC(=O)NCCCOCCOCCOCCCNC(=O)CCCCC1SCC4NC(=O)NC41)[C@]3(O)CCC(N)=O)C(C)(C)[C@@H]2CCC(N)=O. The topological polar surface area (TPSA) is 564 Å². The maximum absolute atomic E-state index is 14.9. The van der Waals surface area contributed by atoms with Gasteiger partial charge in [0.15, 0.2) is 6.23 Å². The molecule has 36 nitrogen and oxygen atoms in total. The molecule has 8 aliphatic heterocycles. The van der Waals surface area contributed by atoms with Crippen LogP contribution in [0.25, 0.3) is 11.0 Å². The Labute approximate surface area is 704 Å². The second-order valence-electron chi connectivity index (χ2n) is 34.9. The molecule has 9 heterocycles. The number of aromatic nitrogens is 2. The highest BCUT2D eigenvalue weighted by Crippen LogP contribution is 2.63. The van der Waals surface area contributed by atoms with E-state index in [1.165, 1.54) is 13.3 Å². The van der Waals surface area contributed by atoms with Crippen molar-refractivity contribution in [3.8, 4) is 0 Å². The number of nitrogens with one attached hydrogen (secondary N) is 6. The molecule has 10 rings (SSSR count). The number of hydrogen-bond acceptors (Lipinski definition) is 25. The summed E-state index contributed by atoms with van der Waals surface area (Å²) in [5.74, 6) is -6.29. The van der Waals surface area contributed by atoms with Gasteiger partial charge in [-0.2, -0.15) is 11.8 Å². The van der Waals surface area contributed by atoms with E-state index >= 15 is 0 Å². The molecule has 0 saturated carbocycles. The molecular weight excluding hydrogens is 1590 g/mol. The van der Waals surface area contributed by atoms with Crippen LogP contribution in [-0.4, -0.2) is 231 Å². The molecule has 8 unspecified atom stereocenters. The lowest BCUT2D eigenvalue weighted by Gasteiger charge is -2.48. The van der Waals surface area contributed by atoms with Crippen molar-refractivity contribution in [2.24, 2.45) is 83.1 Å². The fourth-order valence-electron chi connectivity index (χ4n) is 19.1. The fourth-order valence-corrected chi connectivity index (χ4v) is 21.8. The number of rotatable bonds is 45. The number of carbonyl (C=O) groups is 9. The van der Waals surface area contributed by atoms with Crippen LogP contribution >= 0.6 is 19.6 Å². The van der Waals surface area contributed by atoms with Crippen molar-refractivity contribution in [3.05, 3.63) is 63.9 Å². The molecule has 8 aliphatic rings. The Kier molecular flexibility index (Phi) is 30.8. The van der Waals surface area contributed by atoms with Crippen LogP contribution in [0.4, 0.5) is 4.79 Å². The average molecular weight is 1720 g/mol. The number of amides is 10. The van der Waals surface area contributed by atoms with Crippen LogP contribution in [0.15, 0.2) is 67.8 Å². The van der Waals surface area contributed by atoms with Crippen LogP contribution in [-0.2, 0) is 70.9 Å². The molecule has 18 atom stereocenters. The van der Waals surface area contributed by atoms with Crippen molar-refractivity contribution in [1.82, 2.24) is 41.5 Å². The number of aliphatic imine (C=N–C) groups is 3. The molecule has 0 aliphatic carbocycles. The lowest BCUT2D eigenvalue weighted by atomic mass is 9.55. The lowest BCUT2D eigenvalue weighted by Crippen LogP contribution is -2.56. The molecule has 20 N–H and O–H groups in total. The Morgan fingerprint density at radius 3 is 2.00 bits per heavy atom.